The van der Waals surface area contributed by atoms with Crippen LogP contribution in [0.25, 0.3) is 0 Å². The van der Waals surface area contributed by atoms with Gasteiger partial charge in [-0.05, 0) is 74.3 Å². The van der Waals surface area contributed by atoms with Crippen molar-refractivity contribution in [2.24, 2.45) is 0 Å². The van der Waals surface area contributed by atoms with Gasteiger partial charge in [0.25, 0.3) is 0 Å². The van der Waals surface area contributed by atoms with Crippen LogP contribution in [0.1, 0.15) is 229 Å². The van der Waals surface area contributed by atoms with Crippen molar-refractivity contribution in [3.8, 4) is 0 Å². The molecule has 0 aliphatic carbocycles. The van der Waals surface area contributed by atoms with Gasteiger partial charge in [0.15, 0.2) is 0 Å². The fourth-order valence-corrected chi connectivity index (χ4v) is 7.48. The summed E-state index contributed by atoms with van der Waals surface area (Å²) in [7, 11) is 0. The summed E-state index contributed by atoms with van der Waals surface area (Å²) in [5.41, 5.74) is 3.05. The second kappa shape index (κ2) is 38.4. The van der Waals surface area contributed by atoms with Gasteiger partial charge in [-0.25, -0.2) is 0 Å². The molecule has 53 heavy (non-hydrogen) atoms. The number of hydrogen-bond donors (Lipinski definition) is 0. The Bertz CT molecular complexity index is 974. The van der Waals surface area contributed by atoms with E-state index >= 15 is 0 Å². The van der Waals surface area contributed by atoms with Gasteiger partial charge in [-0.2, -0.15) is 0 Å². The Kier molecular flexibility index (Phi) is 37.1. The van der Waals surface area contributed by atoms with Crippen molar-refractivity contribution in [3.63, 3.8) is 0 Å². The SMILES string of the molecule is CCCCCCC(CCCCCCCCCCC(=O)[O-])c1ccccc1.CCCCCCC(CCCCCCCCCCC(=O)[O-])c1ccccc1.[Mg+2]. The van der Waals surface area contributed by atoms with E-state index in [1.165, 1.54) is 152 Å². The van der Waals surface area contributed by atoms with Crippen molar-refractivity contribution in [3.05, 3.63) is 71.8 Å². The van der Waals surface area contributed by atoms with Crippen LogP contribution in [-0.4, -0.2) is 35.0 Å². The molecule has 296 valence electrons. The normalized spacial score (nSPS) is 12.0. The Morgan fingerprint density at radius 1 is 0.396 bits per heavy atom. The number of carboxylic acid groups (broad SMARTS) is 2. The largest absolute Gasteiger partial charge is 2.00 e. The van der Waals surface area contributed by atoms with Crippen molar-refractivity contribution in [2.75, 3.05) is 0 Å². The number of aliphatic carboxylic acids is 2. The van der Waals surface area contributed by atoms with Crippen molar-refractivity contribution in [1.82, 2.24) is 0 Å². The summed E-state index contributed by atoms with van der Waals surface area (Å²) in [5.74, 6) is -0.351. The number of carboxylic acids is 2. The number of hydrogen-bond acceptors (Lipinski definition) is 4. The van der Waals surface area contributed by atoms with Crippen LogP contribution in [0, 0.1) is 0 Å². The molecule has 4 nitrogen and oxygen atoms in total. The van der Waals surface area contributed by atoms with E-state index in [-0.39, 0.29) is 35.9 Å². The molecule has 0 aliphatic rings. The minimum Gasteiger partial charge on any atom is -0.550 e. The third-order valence-electron chi connectivity index (χ3n) is 10.7. The molecular formula is C48H78MgO4. The average Bonchev–Trinajstić information content (AvgIpc) is 3.15. The van der Waals surface area contributed by atoms with Gasteiger partial charge in [-0.3, -0.25) is 0 Å². The van der Waals surface area contributed by atoms with E-state index in [2.05, 4.69) is 74.5 Å². The van der Waals surface area contributed by atoms with Crippen molar-refractivity contribution in [1.29, 1.82) is 0 Å². The molecule has 0 saturated heterocycles. The molecule has 0 heterocycles. The molecule has 0 amide bonds. The van der Waals surface area contributed by atoms with Gasteiger partial charge in [-0.15, -0.1) is 0 Å². The maximum atomic E-state index is 10.4. The Labute approximate surface area is 343 Å². The molecule has 0 bridgehead atoms. The van der Waals surface area contributed by atoms with Crippen molar-refractivity contribution >= 4 is 35.0 Å². The Morgan fingerprint density at radius 3 is 0.906 bits per heavy atom. The summed E-state index contributed by atoms with van der Waals surface area (Å²) in [6.07, 6.45) is 35.5. The van der Waals surface area contributed by atoms with E-state index in [9.17, 15) is 19.8 Å². The monoisotopic (exact) mass is 743 g/mol. The summed E-state index contributed by atoms with van der Waals surface area (Å²) >= 11 is 0. The molecule has 2 aromatic rings. The van der Waals surface area contributed by atoms with Crippen molar-refractivity contribution < 1.29 is 19.8 Å². The summed E-state index contributed by atoms with van der Waals surface area (Å²) in [5, 5.41) is 20.7. The predicted octanol–water partition coefficient (Wildman–Crippen LogP) is 12.4. The maximum absolute atomic E-state index is 10.4. The van der Waals surface area contributed by atoms with E-state index in [0.717, 1.165) is 50.4 Å². The second-order valence-corrected chi connectivity index (χ2v) is 15.4. The van der Waals surface area contributed by atoms with Gasteiger partial charge >= 0.3 is 23.1 Å². The number of unbranched alkanes of at least 4 members (excludes halogenated alkanes) is 20. The van der Waals surface area contributed by atoms with Crippen molar-refractivity contribution in [2.45, 2.75) is 218 Å². The zero-order valence-electron chi connectivity index (χ0n) is 34.5. The standard InChI is InChI=1S/2C24H40O2.Mg/c2*1-2-3-4-12-17-22(23-19-14-11-15-20-23)18-13-9-7-5-6-8-10-16-21-24(25)26;/h2*11,14-15,19-20,22H,2-10,12-13,16-18,21H2,1H3,(H,25,26);/q;;+2/p-2. The summed E-state index contributed by atoms with van der Waals surface area (Å²) in [6, 6.07) is 22.1. The Balaban J connectivity index is 0.00000100. The van der Waals surface area contributed by atoms with Crippen LogP contribution in [-0.2, 0) is 9.59 Å². The summed E-state index contributed by atoms with van der Waals surface area (Å²) < 4.78 is 0. The molecule has 0 radical (unpaired) electrons. The van der Waals surface area contributed by atoms with Gasteiger partial charge in [-0.1, -0.05) is 216 Å². The molecule has 0 saturated carbocycles. The van der Waals surface area contributed by atoms with Gasteiger partial charge in [0.1, 0.15) is 0 Å². The summed E-state index contributed by atoms with van der Waals surface area (Å²) in [6.45, 7) is 4.55. The molecular weight excluding hydrogens is 665 g/mol. The third kappa shape index (κ3) is 32.1. The quantitative estimate of drug-likeness (QED) is 0.0528. The first-order chi connectivity index (χ1) is 25.5. The van der Waals surface area contributed by atoms with Crippen LogP contribution in [0.5, 0.6) is 0 Å². The van der Waals surface area contributed by atoms with Gasteiger partial charge < -0.3 is 19.8 Å². The van der Waals surface area contributed by atoms with Crippen LogP contribution in [0.4, 0.5) is 0 Å². The minimum atomic E-state index is -0.910. The fraction of sp³-hybridized carbons (Fsp3) is 0.708. The van der Waals surface area contributed by atoms with E-state index in [0.29, 0.717) is 0 Å². The van der Waals surface area contributed by atoms with Crippen LogP contribution in [0.15, 0.2) is 60.7 Å². The zero-order valence-corrected chi connectivity index (χ0v) is 35.9. The first-order valence-corrected chi connectivity index (χ1v) is 22.0. The van der Waals surface area contributed by atoms with Crippen LogP contribution >= 0.6 is 0 Å². The first-order valence-electron chi connectivity index (χ1n) is 22.0. The number of carbonyl (C=O) groups is 2. The molecule has 0 fully saturated rings. The predicted molar refractivity (Wildman–Crippen MR) is 224 cm³/mol. The zero-order chi connectivity index (χ0) is 37.7. The molecule has 0 N–H and O–H groups in total. The fourth-order valence-electron chi connectivity index (χ4n) is 7.48. The van der Waals surface area contributed by atoms with E-state index in [4.69, 9.17) is 0 Å². The average molecular weight is 743 g/mol. The van der Waals surface area contributed by atoms with Crippen LogP contribution in [0.3, 0.4) is 0 Å². The third-order valence-corrected chi connectivity index (χ3v) is 10.7. The molecule has 2 unspecified atom stereocenters. The van der Waals surface area contributed by atoms with Crippen LogP contribution in [0.2, 0.25) is 0 Å². The van der Waals surface area contributed by atoms with Gasteiger partial charge in [0.2, 0.25) is 0 Å². The van der Waals surface area contributed by atoms with Crippen LogP contribution < -0.4 is 10.2 Å². The van der Waals surface area contributed by atoms with Gasteiger partial charge in [0, 0.05) is 11.9 Å². The second-order valence-electron chi connectivity index (χ2n) is 15.4. The topological polar surface area (TPSA) is 80.3 Å². The van der Waals surface area contributed by atoms with E-state index in [1.54, 1.807) is 0 Å². The molecule has 0 aromatic heterocycles. The van der Waals surface area contributed by atoms with E-state index < -0.39 is 11.9 Å². The maximum Gasteiger partial charge on any atom is 2.00 e. The molecule has 0 aliphatic heterocycles. The molecule has 2 aromatic carbocycles. The minimum absolute atomic E-state index is 0. The molecule has 2 atom stereocenters. The molecule has 2 rings (SSSR count). The van der Waals surface area contributed by atoms with Gasteiger partial charge in [0.05, 0.1) is 0 Å². The Hall–Kier alpha value is -1.85. The van der Waals surface area contributed by atoms with E-state index in [1.807, 2.05) is 0 Å². The smallest absolute Gasteiger partial charge is 0.550 e. The molecule has 5 heteroatoms. The number of benzene rings is 2. The first kappa shape index (κ1) is 51.1. The number of rotatable bonds is 34. The Morgan fingerprint density at radius 2 is 0.642 bits per heavy atom. The number of carbonyl (C=O) groups excluding carboxylic acids is 2. The summed E-state index contributed by atoms with van der Waals surface area (Å²) in [4.78, 5) is 20.7. The molecule has 0 spiro atoms.